The van der Waals surface area contributed by atoms with Gasteiger partial charge < -0.3 is 29.5 Å². The predicted octanol–water partition coefficient (Wildman–Crippen LogP) is 0.894. The fraction of sp³-hybridized carbons (Fsp3) is 0.267. The van der Waals surface area contributed by atoms with Crippen molar-refractivity contribution < 1.29 is 43.9 Å². The molecule has 1 aromatic carbocycles. The van der Waals surface area contributed by atoms with Gasteiger partial charge in [-0.15, -0.1) is 0 Å². The highest BCUT2D eigenvalue weighted by Gasteiger charge is 2.24. The topological polar surface area (TPSA) is 140 Å². The Kier molecular flexibility index (Phi) is 6.60. The van der Waals surface area contributed by atoms with Gasteiger partial charge in [-0.2, -0.15) is 0 Å². The van der Waals surface area contributed by atoms with Gasteiger partial charge in [-0.1, -0.05) is 0 Å². The Labute approximate surface area is 136 Å². The van der Waals surface area contributed by atoms with E-state index in [0.29, 0.717) is 5.56 Å². The van der Waals surface area contributed by atoms with Crippen molar-refractivity contribution in [2.75, 3.05) is 14.2 Å². The SMILES string of the molecule is COc1cc(C=CC(=O)OC(CC(=O)O)C(=O)O)cc(OC)c1O. The van der Waals surface area contributed by atoms with Crippen molar-refractivity contribution in [1.29, 1.82) is 0 Å². The molecule has 0 aliphatic heterocycles. The van der Waals surface area contributed by atoms with Crippen LogP contribution in [-0.4, -0.2) is 53.6 Å². The molecular weight excluding hydrogens is 324 g/mol. The summed E-state index contributed by atoms with van der Waals surface area (Å²) in [6.45, 7) is 0. The molecule has 0 heterocycles. The second-order valence-corrected chi connectivity index (χ2v) is 4.47. The number of esters is 1. The number of carbonyl (C=O) groups excluding carboxylic acids is 1. The molecule has 9 heteroatoms. The van der Waals surface area contributed by atoms with Crippen LogP contribution in [0.2, 0.25) is 0 Å². The zero-order valence-corrected chi connectivity index (χ0v) is 12.9. The second-order valence-electron chi connectivity index (χ2n) is 4.47. The van der Waals surface area contributed by atoms with E-state index in [-0.39, 0.29) is 17.2 Å². The van der Waals surface area contributed by atoms with Gasteiger partial charge in [0.05, 0.1) is 20.6 Å². The van der Waals surface area contributed by atoms with E-state index in [1.807, 2.05) is 0 Å². The van der Waals surface area contributed by atoms with Gasteiger partial charge in [0.1, 0.15) is 0 Å². The van der Waals surface area contributed by atoms with Crippen LogP contribution < -0.4 is 9.47 Å². The molecule has 0 aromatic heterocycles. The summed E-state index contributed by atoms with van der Waals surface area (Å²) >= 11 is 0. The average molecular weight is 340 g/mol. The number of phenols is 1. The highest BCUT2D eigenvalue weighted by atomic mass is 16.6. The van der Waals surface area contributed by atoms with Gasteiger partial charge in [0, 0.05) is 6.08 Å². The molecule has 3 N–H and O–H groups in total. The van der Waals surface area contributed by atoms with Gasteiger partial charge in [-0.3, -0.25) is 4.79 Å². The number of hydrogen-bond acceptors (Lipinski definition) is 7. The molecule has 0 aliphatic carbocycles. The lowest BCUT2D eigenvalue weighted by molar-refractivity contribution is -0.164. The molecule has 0 bridgehead atoms. The second kappa shape index (κ2) is 8.42. The first kappa shape index (κ1) is 18.8. The normalized spacial score (nSPS) is 11.8. The summed E-state index contributed by atoms with van der Waals surface area (Å²) in [6.07, 6.45) is -0.450. The lowest BCUT2D eigenvalue weighted by Crippen LogP contribution is -2.28. The van der Waals surface area contributed by atoms with E-state index < -0.39 is 30.4 Å². The fourth-order valence-corrected chi connectivity index (χ4v) is 1.69. The number of benzene rings is 1. The number of aliphatic carboxylic acids is 2. The van der Waals surface area contributed by atoms with Crippen LogP contribution >= 0.6 is 0 Å². The Balaban J connectivity index is 2.90. The average Bonchev–Trinajstić information content (AvgIpc) is 2.52. The van der Waals surface area contributed by atoms with Crippen LogP contribution in [0.15, 0.2) is 18.2 Å². The largest absolute Gasteiger partial charge is 0.502 e. The van der Waals surface area contributed by atoms with Crippen molar-refractivity contribution in [2.24, 2.45) is 0 Å². The maximum Gasteiger partial charge on any atom is 0.345 e. The molecule has 1 rings (SSSR count). The van der Waals surface area contributed by atoms with E-state index in [1.165, 1.54) is 32.4 Å². The minimum atomic E-state index is -1.79. The number of hydrogen-bond donors (Lipinski definition) is 3. The molecule has 24 heavy (non-hydrogen) atoms. The van der Waals surface area contributed by atoms with Crippen molar-refractivity contribution in [1.82, 2.24) is 0 Å². The predicted molar refractivity (Wildman–Crippen MR) is 80.0 cm³/mol. The minimum absolute atomic E-state index is 0.108. The quantitative estimate of drug-likeness (QED) is 0.465. The van der Waals surface area contributed by atoms with Crippen LogP contribution in [0.25, 0.3) is 6.08 Å². The molecule has 9 nitrogen and oxygen atoms in total. The van der Waals surface area contributed by atoms with E-state index in [1.54, 1.807) is 0 Å². The third-order valence-electron chi connectivity index (χ3n) is 2.81. The van der Waals surface area contributed by atoms with Crippen molar-refractivity contribution in [3.05, 3.63) is 23.8 Å². The standard InChI is InChI=1S/C15H16O9/c1-22-9-5-8(6-10(23-2)14(9)19)3-4-13(18)24-11(15(20)21)7-12(16)17/h3-6,11,19H,7H2,1-2H3,(H,16,17)(H,20,21). The molecule has 1 unspecified atom stereocenters. The van der Waals surface area contributed by atoms with Crippen LogP contribution in [0, 0.1) is 0 Å². The van der Waals surface area contributed by atoms with Crippen molar-refractivity contribution in [3.8, 4) is 17.2 Å². The van der Waals surface area contributed by atoms with Gasteiger partial charge in [0.2, 0.25) is 11.9 Å². The third kappa shape index (κ3) is 5.20. The Morgan fingerprint density at radius 2 is 1.67 bits per heavy atom. The number of ether oxygens (including phenoxy) is 3. The molecule has 0 aliphatic rings. The first-order valence-corrected chi connectivity index (χ1v) is 6.56. The monoisotopic (exact) mass is 340 g/mol. The van der Waals surface area contributed by atoms with Crippen LogP contribution in [0.5, 0.6) is 17.2 Å². The number of carbonyl (C=O) groups is 3. The summed E-state index contributed by atoms with van der Waals surface area (Å²) in [5.41, 5.74) is 0.406. The molecule has 0 fully saturated rings. The Bertz CT molecular complexity index is 638. The summed E-state index contributed by atoms with van der Waals surface area (Å²) in [5.74, 6) is -4.01. The van der Waals surface area contributed by atoms with E-state index in [9.17, 15) is 19.5 Å². The van der Waals surface area contributed by atoms with Crippen LogP contribution in [-0.2, 0) is 19.1 Å². The molecule has 130 valence electrons. The van der Waals surface area contributed by atoms with Crippen molar-refractivity contribution in [2.45, 2.75) is 12.5 Å². The van der Waals surface area contributed by atoms with E-state index in [2.05, 4.69) is 4.74 Å². The number of carboxylic acids is 2. The Morgan fingerprint density at radius 1 is 1.12 bits per heavy atom. The van der Waals surface area contributed by atoms with Crippen LogP contribution in [0.1, 0.15) is 12.0 Å². The molecule has 0 saturated carbocycles. The minimum Gasteiger partial charge on any atom is -0.502 e. The Morgan fingerprint density at radius 3 is 2.08 bits per heavy atom. The summed E-state index contributed by atoms with van der Waals surface area (Å²) in [5, 5.41) is 27.1. The number of phenolic OH excluding ortho intramolecular Hbond substituents is 1. The maximum atomic E-state index is 11.6. The van der Waals surface area contributed by atoms with Crippen molar-refractivity contribution >= 4 is 24.0 Å². The number of carboxylic acid groups (broad SMARTS) is 2. The van der Waals surface area contributed by atoms with Gasteiger partial charge in [-0.05, 0) is 23.8 Å². The first-order chi connectivity index (χ1) is 11.3. The smallest absolute Gasteiger partial charge is 0.345 e. The van der Waals surface area contributed by atoms with Gasteiger partial charge in [0.25, 0.3) is 0 Å². The number of rotatable bonds is 8. The van der Waals surface area contributed by atoms with Gasteiger partial charge >= 0.3 is 17.9 Å². The van der Waals surface area contributed by atoms with Crippen LogP contribution in [0.4, 0.5) is 0 Å². The number of aromatic hydroxyl groups is 1. The zero-order chi connectivity index (χ0) is 18.3. The highest BCUT2D eigenvalue weighted by molar-refractivity contribution is 5.90. The summed E-state index contributed by atoms with van der Waals surface area (Å²) in [7, 11) is 2.67. The maximum absolute atomic E-state index is 11.6. The molecule has 0 radical (unpaired) electrons. The van der Waals surface area contributed by atoms with Crippen molar-refractivity contribution in [3.63, 3.8) is 0 Å². The van der Waals surface area contributed by atoms with E-state index in [4.69, 9.17) is 19.7 Å². The molecule has 0 saturated heterocycles. The van der Waals surface area contributed by atoms with E-state index in [0.717, 1.165) is 6.08 Å². The van der Waals surface area contributed by atoms with Crippen LogP contribution in [0.3, 0.4) is 0 Å². The molecule has 1 aromatic rings. The number of methoxy groups -OCH3 is 2. The molecule has 0 amide bonds. The third-order valence-corrected chi connectivity index (χ3v) is 2.81. The van der Waals surface area contributed by atoms with Gasteiger partial charge in [-0.25, -0.2) is 9.59 Å². The molecular formula is C15H16O9. The fourth-order valence-electron chi connectivity index (χ4n) is 1.69. The molecule has 1 atom stereocenters. The summed E-state index contributed by atoms with van der Waals surface area (Å²) in [4.78, 5) is 33.0. The first-order valence-electron chi connectivity index (χ1n) is 6.56. The Hall–Kier alpha value is -3.23. The lowest BCUT2D eigenvalue weighted by atomic mass is 10.1. The highest BCUT2D eigenvalue weighted by Crippen LogP contribution is 2.37. The zero-order valence-electron chi connectivity index (χ0n) is 12.9. The summed E-state index contributed by atoms with van der Waals surface area (Å²) < 4.78 is 14.5. The summed E-state index contributed by atoms with van der Waals surface area (Å²) in [6, 6.07) is 2.82. The van der Waals surface area contributed by atoms with Gasteiger partial charge in [0.15, 0.2) is 11.5 Å². The lowest BCUT2D eigenvalue weighted by Gasteiger charge is -2.10. The molecule has 0 spiro atoms. The van der Waals surface area contributed by atoms with E-state index >= 15 is 0 Å².